The molecule has 1 N–H and O–H groups in total. The summed E-state index contributed by atoms with van der Waals surface area (Å²) in [5.41, 5.74) is 1.84. The number of ketones is 1. The highest BCUT2D eigenvalue weighted by Gasteiger charge is 2.28. The summed E-state index contributed by atoms with van der Waals surface area (Å²) in [7, 11) is -3.40. The van der Waals surface area contributed by atoms with Gasteiger partial charge in [0.1, 0.15) is 11.9 Å². The van der Waals surface area contributed by atoms with E-state index in [9.17, 15) is 14.5 Å². The van der Waals surface area contributed by atoms with Gasteiger partial charge in [0.05, 0.1) is 19.3 Å². The van der Waals surface area contributed by atoms with Crippen molar-refractivity contribution in [2.45, 2.75) is 39.7 Å². The van der Waals surface area contributed by atoms with Crippen molar-refractivity contribution in [3.05, 3.63) is 35.4 Å². The third-order valence-corrected chi connectivity index (χ3v) is 5.26. The predicted octanol–water partition coefficient (Wildman–Crippen LogP) is 3.51. The number of rotatable bonds is 10. The maximum Gasteiger partial charge on any atom is 0.338 e. The number of hydrogen-bond acceptors (Lipinski definition) is 5. The molecular formula is C16H25O5P. The molecule has 0 fully saturated rings. The lowest BCUT2D eigenvalue weighted by molar-refractivity contribution is -0.118. The van der Waals surface area contributed by atoms with E-state index in [2.05, 4.69) is 0 Å². The van der Waals surface area contributed by atoms with Crippen LogP contribution in [0.15, 0.2) is 24.3 Å². The highest BCUT2D eigenvalue weighted by molar-refractivity contribution is 7.54. The highest BCUT2D eigenvalue weighted by atomic mass is 31.2. The molecular weight excluding hydrogens is 303 g/mol. The van der Waals surface area contributed by atoms with Gasteiger partial charge in [-0.05, 0) is 31.4 Å². The Labute approximate surface area is 132 Å². The Bertz CT molecular complexity index is 502. The molecule has 0 saturated heterocycles. The first-order valence-electron chi connectivity index (χ1n) is 7.60. The zero-order valence-corrected chi connectivity index (χ0v) is 14.3. The van der Waals surface area contributed by atoms with Crippen molar-refractivity contribution in [1.29, 1.82) is 0 Å². The molecule has 1 atom stereocenters. The lowest BCUT2D eigenvalue weighted by Gasteiger charge is -2.17. The standard InChI is InChI=1S/C16H25O5P/c1-4-13-7-9-14(10-8-13)16(18)11-15(17)12-22(19,20-5-2)21-6-3/h7-10,16,18H,4-6,11-12H2,1-3H3. The van der Waals surface area contributed by atoms with E-state index in [1.807, 2.05) is 19.1 Å². The molecule has 6 heteroatoms. The van der Waals surface area contributed by atoms with Gasteiger partial charge < -0.3 is 14.2 Å². The Morgan fingerprint density at radius 1 is 1.14 bits per heavy atom. The second-order valence-corrected chi connectivity index (χ2v) is 7.01. The normalized spacial score (nSPS) is 13.1. The molecule has 5 nitrogen and oxygen atoms in total. The second kappa shape index (κ2) is 9.21. The average Bonchev–Trinajstić information content (AvgIpc) is 2.47. The van der Waals surface area contributed by atoms with Crippen LogP contribution >= 0.6 is 7.60 Å². The molecule has 0 amide bonds. The van der Waals surface area contributed by atoms with Gasteiger partial charge in [-0.3, -0.25) is 9.36 Å². The van der Waals surface area contributed by atoms with Crippen LogP contribution in [0.1, 0.15) is 44.4 Å². The van der Waals surface area contributed by atoms with Crippen LogP contribution in [0.3, 0.4) is 0 Å². The molecule has 22 heavy (non-hydrogen) atoms. The summed E-state index contributed by atoms with van der Waals surface area (Å²) in [4.78, 5) is 12.0. The van der Waals surface area contributed by atoms with Gasteiger partial charge in [-0.1, -0.05) is 31.2 Å². The van der Waals surface area contributed by atoms with E-state index in [0.29, 0.717) is 5.56 Å². The van der Waals surface area contributed by atoms with Gasteiger partial charge in [-0.15, -0.1) is 0 Å². The largest absolute Gasteiger partial charge is 0.388 e. The van der Waals surface area contributed by atoms with Gasteiger partial charge in [0.2, 0.25) is 0 Å². The van der Waals surface area contributed by atoms with Gasteiger partial charge >= 0.3 is 7.60 Å². The molecule has 0 aliphatic heterocycles. The van der Waals surface area contributed by atoms with Crippen molar-refractivity contribution in [2.24, 2.45) is 0 Å². The van der Waals surface area contributed by atoms with Crippen LogP contribution in [0.4, 0.5) is 0 Å². The molecule has 0 saturated carbocycles. The van der Waals surface area contributed by atoms with Crippen LogP contribution in [0, 0.1) is 0 Å². The van der Waals surface area contributed by atoms with Crippen LogP contribution in [-0.4, -0.2) is 30.3 Å². The number of aryl methyl sites for hydroxylation is 1. The quantitative estimate of drug-likeness (QED) is 0.665. The van der Waals surface area contributed by atoms with Crippen LogP contribution in [0.25, 0.3) is 0 Å². The van der Waals surface area contributed by atoms with Crippen LogP contribution in [0.5, 0.6) is 0 Å². The van der Waals surface area contributed by atoms with E-state index in [1.165, 1.54) is 5.56 Å². The first-order valence-corrected chi connectivity index (χ1v) is 9.33. The summed E-state index contributed by atoms with van der Waals surface area (Å²) >= 11 is 0. The zero-order chi connectivity index (χ0) is 16.6. The Morgan fingerprint density at radius 2 is 1.68 bits per heavy atom. The number of hydrogen-bond donors (Lipinski definition) is 1. The SMILES string of the molecule is CCOP(=O)(CC(=O)CC(O)c1ccc(CC)cc1)OCC. The van der Waals surface area contributed by atoms with E-state index in [1.54, 1.807) is 26.0 Å². The predicted molar refractivity (Wildman–Crippen MR) is 86.1 cm³/mol. The van der Waals surface area contributed by atoms with Crippen molar-refractivity contribution in [3.8, 4) is 0 Å². The van der Waals surface area contributed by atoms with Crippen LogP contribution < -0.4 is 0 Å². The fourth-order valence-corrected chi connectivity index (χ4v) is 3.72. The van der Waals surface area contributed by atoms with Crippen molar-refractivity contribution in [2.75, 3.05) is 19.4 Å². The fraction of sp³-hybridized carbons (Fsp3) is 0.562. The Balaban J connectivity index is 2.64. The van der Waals surface area contributed by atoms with Gasteiger partial charge in [0.15, 0.2) is 0 Å². The summed E-state index contributed by atoms with van der Waals surface area (Å²) < 4.78 is 22.5. The minimum absolute atomic E-state index is 0.102. The molecule has 1 unspecified atom stereocenters. The smallest absolute Gasteiger partial charge is 0.338 e. The molecule has 1 aromatic rings. The van der Waals surface area contributed by atoms with E-state index in [-0.39, 0.29) is 31.6 Å². The summed E-state index contributed by atoms with van der Waals surface area (Å²) in [6, 6.07) is 7.46. The molecule has 0 heterocycles. The van der Waals surface area contributed by atoms with Gasteiger partial charge in [-0.25, -0.2) is 0 Å². The van der Waals surface area contributed by atoms with Crippen LogP contribution in [-0.2, 0) is 24.8 Å². The van der Waals surface area contributed by atoms with Gasteiger partial charge in [-0.2, -0.15) is 0 Å². The number of carbonyl (C=O) groups is 1. The molecule has 1 rings (SSSR count). The summed E-state index contributed by atoms with van der Waals surface area (Å²) in [5, 5.41) is 10.1. The number of benzene rings is 1. The molecule has 1 aromatic carbocycles. The monoisotopic (exact) mass is 328 g/mol. The molecule has 0 aromatic heterocycles. The van der Waals surface area contributed by atoms with Crippen molar-refractivity contribution in [3.63, 3.8) is 0 Å². The minimum atomic E-state index is -3.40. The average molecular weight is 328 g/mol. The summed E-state index contributed by atoms with van der Waals surface area (Å²) in [6.45, 7) is 5.87. The molecule has 0 aliphatic carbocycles. The third kappa shape index (κ3) is 6.01. The van der Waals surface area contributed by atoms with Crippen molar-refractivity contribution >= 4 is 13.4 Å². The van der Waals surface area contributed by atoms with E-state index >= 15 is 0 Å². The highest BCUT2D eigenvalue weighted by Crippen LogP contribution is 2.48. The van der Waals surface area contributed by atoms with Gasteiger partial charge in [0, 0.05) is 6.42 Å². The molecule has 0 spiro atoms. The lowest BCUT2D eigenvalue weighted by atomic mass is 10.0. The Morgan fingerprint density at radius 3 is 2.14 bits per heavy atom. The Hall–Kier alpha value is -1.00. The van der Waals surface area contributed by atoms with Crippen molar-refractivity contribution in [1.82, 2.24) is 0 Å². The number of Topliss-reactive ketones (excluding diaryl/α,β-unsaturated/α-hetero) is 1. The fourth-order valence-electron chi connectivity index (χ4n) is 2.11. The second-order valence-electron chi connectivity index (χ2n) is 4.96. The minimum Gasteiger partial charge on any atom is -0.388 e. The lowest BCUT2D eigenvalue weighted by Crippen LogP contribution is -2.13. The van der Waals surface area contributed by atoms with E-state index in [0.717, 1.165) is 6.42 Å². The maximum atomic E-state index is 12.3. The molecule has 0 aliphatic rings. The zero-order valence-electron chi connectivity index (χ0n) is 13.4. The first-order chi connectivity index (χ1) is 10.4. The Kier molecular flexibility index (Phi) is 7.97. The van der Waals surface area contributed by atoms with Gasteiger partial charge in [0.25, 0.3) is 0 Å². The summed E-state index contributed by atoms with van der Waals surface area (Å²) in [5.74, 6) is -0.336. The molecule has 0 radical (unpaired) electrons. The maximum absolute atomic E-state index is 12.3. The number of aliphatic hydroxyl groups excluding tert-OH is 1. The third-order valence-electron chi connectivity index (χ3n) is 3.22. The van der Waals surface area contributed by atoms with E-state index < -0.39 is 13.7 Å². The molecule has 0 bridgehead atoms. The topological polar surface area (TPSA) is 72.8 Å². The molecule has 124 valence electrons. The first kappa shape index (κ1) is 19.0. The van der Waals surface area contributed by atoms with Crippen LogP contribution in [0.2, 0.25) is 0 Å². The summed E-state index contributed by atoms with van der Waals surface area (Å²) in [6.07, 6.45) is -0.398. The van der Waals surface area contributed by atoms with E-state index in [4.69, 9.17) is 9.05 Å². The van der Waals surface area contributed by atoms with Crippen molar-refractivity contribution < 1.29 is 23.5 Å². The number of aliphatic hydroxyl groups is 1. The number of carbonyl (C=O) groups excluding carboxylic acids is 1.